The van der Waals surface area contributed by atoms with Crippen LogP contribution in [-0.2, 0) is 9.26 Å². The van der Waals surface area contributed by atoms with Gasteiger partial charge in [0.2, 0.25) is 0 Å². The molecule has 0 aliphatic rings. The maximum absolute atomic E-state index is 7.93. The van der Waals surface area contributed by atoms with E-state index in [-0.39, 0.29) is 4.05 Å². The molecule has 3 unspecified atom stereocenters. The van der Waals surface area contributed by atoms with Gasteiger partial charge in [0.15, 0.2) is 0 Å². The molecule has 21 heavy (non-hydrogen) atoms. The van der Waals surface area contributed by atoms with Crippen LogP contribution in [0.2, 0.25) is 0 Å². The summed E-state index contributed by atoms with van der Waals surface area (Å²) in [7, 11) is -0.596. The Hall–Kier alpha value is 0.320. The van der Waals surface area contributed by atoms with Crippen molar-refractivity contribution in [3.05, 3.63) is 23.8 Å². The van der Waals surface area contributed by atoms with E-state index in [9.17, 15) is 0 Å². The second kappa shape index (κ2) is 10.9. The lowest BCUT2D eigenvalue weighted by Gasteiger charge is -2.21. The van der Waals surface area contributed by atoms with Gasteiger partial charge in [-0.1, -0.05) is 49.1 Å². The first-order chi connectivity index (χ1) is 9.77. The van der Waals surface area contributed by atoms with E-state index in [2.05, 4.69) is 55.0 Å². The zero-order valence-corrected chi connectivity index (χ0v) is 17.0. The number of ether oxygens (including phenoxy) is 1. The van der Waals surface area contributed by atoms with Gasteiger partial charge < -0.3 is 9.26 Å². The maximum atomic E-state index is 7.93. The lowest BCUT2D eigenvalue weighted by Crippen LogP contribution is -2.22. The van der Waals surface area contributed by atoms with Crippen molar-refractivity contribution in [2.24, 2.45) is 5.92 Å². The molecule has 3 atom stereocenters. The van der Waals surface area contributed by atoms with Gasteiger partial charge >= 0.3 is 0 Å². The Morgan fingerprint density at radius 1 is 1.52 bits per heavy atom. The van der Waals surface area contributed by atoms with Crippen LogP contribution in [0.3, 0.4) is 0 Å². The number of rotatable bonds is 11. The molecule has 0 spiro atoms. The average molecular weight is 428 g/mol. The molecular formula is C15H30IN2O2P. The second-order valence-corrected chi connectivity index (χ2v) is 9.24. The number of alkyl halides is 1. The van der Waals surface area contributed by atoms with Gasteiger partial charge in [0.1, 0.15) is 7.43 Å². The van der Waals surface area contributed by atoms with Crippen molar-refractivity contribution in [1.82, 2.24) is 5.09 Å². The molecule has 0 saturated heterocycles. The molecule has 0 saturated carbocycles. The first kappa shape index (κ1) is 21.3. The molecule has 0 aliphatic heterocycles. The summed E-state index contributed by atoms with van der Waals surface area (Å²) < 4.78 is 11.2. The Balaban J connectivity index is 4.24. The van der Waals surface area contributed by atoms with E-state index >= 15 is 0 Å². The minimum atomic E-state index is -2.17. The summed E-state index contributed by atoms with van der Waals surface area (Å²) in [6, 6.07) is 0. The predicted molar refractivity (Wildman–Crippen MR) is 101 cm³/mol. The van der Waals surface area contributed by atoms with Crippen molar-refractivity contribution in [1.29, 1.82) is 5.16 Å². The molecule has 0 aromatic heterocycles. The largest absolute Gasteiger partial charge is 0.377 e. The van der Waals surface area contributed by atoms with E-state index < -0.39 is 7.43 Å². The van der Waals surface area contributed by atoms with E-state index in [1.54, 1.807) is 13.8 Å². The average Bonchev–Trinajstić information content (AvgIpc) is 2.45. The monoisotopic (exact) mass is 428 g/mol. The molecule has 0 aliphatic carbocycles. The number of allylic oxidation sites excluding steroid dienone is 2. The van der Waals surface area contributed by atoms with Crippen LogP contribution < -0.4 is 5.09 Å². The smallest absolute Gasteiger partial charge is 0.145 e. The highest BCUT2D eigenvalue weighted by molar-refractivity contribution is 14.1. The lowest BCUT2D eigenvalue weighted by atomic mass is 9.95. The Morgan fingerprint density at radius 2 is 2.14 bits per heavy atom. The SMILES string of the molecule is C=C/C(C)=C(/COCCC(I)NP(C)(=N)OC)C(C)CC. The van der Waals surface area contributed by atoms with Crippen molar-refractivity contribution in [2.75, 3.05) is 27.0 Å². The van der Waals surface area contributed by atoms with Gasteiger partial charge in [-0.3, -0.25) is 10.2 Å². The normalized spacial score (nSPS) is 18.6. The molecule has 0 heterocycles. The van der Waals surface area contributed by atoms with E-state index in [0.717, 1.165) is 12.8 Å². The molecular weight excluding hydrogens is 398 g/mol. The lowest BCUT2D eigenvalue weighted by molar-refractivity contribution is 0.146. The Morgan fingerprint density at radius 3 is 2.62 bits per heavy atom. The standard InChI is InChI=1S/C15H30IN2O2P/c1-7-12(3)14(13(4)8-2)11-20-10-9-15(16)18-21(6,17)19-5/h7,13,15H,1,8-11H2,2-6H3,(H2,17,18)/b14-12-. The molecule has 0 radical (unpaired) electrons. The zero-order chi connectivity index (χ0) is 16.5. The molecule has 6 heteroatoms. The van der Waals surface area contributed by atoms with Crippen LogP contribution in [0.5, 0.6) is 0 Å². The molecule has 0 amide bonds. The maximum Gasteiger partial charge on any atom is 0.145 e. The fourth-order valence-electron chi connectivity index (χ4n) is 1.78. The topological polar surface area (TPSA) is 54.3 Å². The van der Waals surface area contributed by atoms with E-state index in [1.807, 2.05) is 6.08 Å². The highest BCUT2D eigenvalue weighted by atomic mass is 127. The Labute approximate surface area is 143 Å². The first-order valence-electron chi connectivity index (χ1n) is 7.26. The van der Waals surface area contributed by atoms with Gasteiger partial charge in [0.05, 0.1) is 10.7 Å². The third-order valence-electron chi connectivity index (χ3n) is 3.54. The summed E-state index contributed by atoms with van der Waals surface area (Å²) in [4.78, 5) is 0. The summed E-state index contributed by atoms with van der Waals surface area (Å²) in [6.45, 7) is 13.5. The van der Waals surface area contributed by atoms with E-state index in [4.69, 9.17) is 14.4 Å². The molecule has 0 fully saturated rings. The predicted octanol–water partition coefficient (Wildman–Crippen LogP) is 5.18. The van der Waals surface area contributed by atoms with E-state index in [0.29, 0.717) is 19.1 Å². The number of halogens is 1. The van der Waals surface area contributed by atoms with Crippen LogP contribution in [0.1, 0.15) is 33.6 Å². The third kappa shape index (κ3) is 9.14. The summed E-state index contributed by atoms with van der Waals surface area (Å²) in [5.74, 6) is 0.521. The van der Waals surface area contributed by atoms with Gasteiger partial charge in [-0.25, -0.2) is 0 Å². The number of hydrogen-bond donors (Lipinski definition) is 2. The molecule has 2 N–H and O–H groups in total. The van der Waals surface area contributed by atoms with Gasteiger partial charge in [-0.15, -0.1) is 0 Å². The molecule has 0 aromatic carbocycles. The van der Waals surface area contributed by atoms with E-state index in [1.165, 1.54) is 11.1 Å². The van der Waals surface area contributed by atoms with Crippen LogP contribution in [0.4, 0.5) is 0 Å². The quantitative estimate of drug-likeness (QED) is 0.119. The minimum Gasteiger partial charge on any atom is -0.377 e. The van der Waals surface area contributed by atoms with Gasteiger partial charge in [-0.2, -0.15) is 0 Å². The van der Waals surface area contributed by atoms with Crippen LogP contribution in [0, 0.1) is 11.1 Å². The molecule has 0 aromatic rings. The van der Waals surface area contributed by atoms with Crippen molar-refractivity contribution >= 4 is 30.0 Å². The van der Waals surface area contributed by atoms with Crippen LogP contribution in [0.25, 0.3) is 0 Å². The number of nitrogens with one attached hydrogen (secondary N) is 2. The molecule has 0 bridgehead atoms. The summed E-state index contributed by atoms with van der Waals surface area (Å²) in [5, 5.41) is 11.1. The fraction of sp³-hybridized carbons (Fsp3) is 0.733. The summed E-state index contributed by atoms with van der Waals surface area (Å²) in [5.41, 5.74) is 2.55. The van der Waals surface area contributed by atoms with Crippen LogP contribution in [-0.4, -0.2) is 31.0 Å². The highest BCUT2D eigenvalue weighted by Gasteiger charge is 2.14. The third-order valence-corrected chi connectivity index (χ3v) is 6.51. The van der Waals surface area contributed by atoms with Crippen LogP contribution in [0.15, 0.2) is 23.8 Å². The van der Waals surface area contributed by atoms with Crippen molar-refractivity contribution in [3.63, 3.8) is 0 Å². The summed E-state index contributed by atoms with van der Waals surface area (Å²) in [6.07, 6.45) is 3.87. The Bertz CT molecular complexity index is 399. The van der Waals surface area contributed by atoms with Crippen molar-refractivity contribution in [2.45, 2.75) is 37.7 Å². The highest BCUT2D eigenvalue weighted by Crippen LogP contribution is 2.38. The molecule has 0 rings (SSSR count). The summed E-state index contributed by atoms with van der Waals surface area (Å²) >= 11 is 2.30. The zero-order valence-electron chi connectivity index (χ0n) is 13.9. The molecule has 124 valence electrons. The van der Waals surface area contributed by atoms with Gasteiger partial charge in [-0.05, 0) is 36.8 Å². The Kier molecular flexibility index (Phi) is 11.1. The molecule has 4 nitrogen and oxygen atoms in total. The van der Waals surface area contributed by atoms with Crippen LogP contribution >= 0.6 is 30.0 Å². The van der Waals surface area contributed by atoms with Gasteiger partial charge in [0.25, 0.3) is 0 Å². The first-order valence-corrected chi connectivity index (χ1v) is 10.7. The minimum absolute atomic E-state index is 0.190. The fourth-order valence-corrected chi connectivity index (χ4v) is 4.39. The number of hydrogen-bond acceptors (Lipinski definition) is 3. The second-order valence-electron chi connectivity index (χ2n) is 5.27. The van der Waals surface area contributed by atoms with Crippen molar-refractivity contribution in [3.8, 4) is 0 Å². The van der Waals surface area contributed by atoms with Crippen molar-refractivity contribution < 1.29 is 9.26 Å². The van der Waals surface area contributed by atoms with Gasteiger partial charge in [0, 0.05) is 20.4 Å².